The molecule has 0 aliphatic carbocycles. The number of aromatic nitrogens is 2. The van der Waals surface area contributed by atoms with Crippen LogP contribution in [0.25, 0.3) is 0 Å². The molecule has 1 aliphatic heterocycles. The lowest BCUT2D eigenvalue weighted by molar-refractivity contribution is -0.146. The van der Waals surface area contributed by atoms with Gasteiger partial charge < -0.3 is 23.8 Å². The Balaban J connectivity index is 1.42. The fourth-order valence-electron chi connectivity index (χ4n) is 4.62. The van der Waals surface area contributed by atoms with Gasteiger partial charge in [-0.15, -0.1) is 0 Å². The van der Waals surface area contributed by atoms with Gasteiger partial charge in [-0.2, -0.15) is 15.3 Å². The maximum atomic E-state index is 13.9. The van der Waals surface area contributed by atoms with Crippen LogP contribution in [0.4, 0.5) is 10.6 Å². The Morgan fingerprint density at radius 3 is 2.48 bits per heavy atom. The summed E-state index contributed by atoms with van der Waals surface area (Å²) < 4.78 is 42.5. The van der Waals surface area contributed by atoms with Crippen molar-refractivity contribution in [1.29, 1.82) is 5.26 Å². The highest BCUT2D eigenvalue weighted by atomic mass is 31.2. The molecule has 48 heavy (non-hydrogen) atoms. The minimum atomic E-state index is -4.35. The average Bonchev–Trinajstić information content (AvgIpc) is 3.40. The summed E-state index contributed by atoms with van der Waals surface area (Å²) in [5.74, 6) is -1.90. The summed E-state index contributed by atoms with van der Waals surface area (Å²) in [6, 6.07) is 19.2. The number of nitrogens with one attached hydrogen (secondary N) is 2. The van der Waals surface area contributed by atoms with Gasteiger partial charge in [-0.3, -0.25) is 19.2 Å². The second-order valence-electron chi connectivity index (χ2n) is 10.8. The van der Waals surface area contributed by atoms with E-state index in [2.05, 4.69) is 15.4 Å². The van der Waals surface area contributed by atoms with Gasteiger partial charge in [0.1, 0.15) is 42.3 Å². The van der Waals surface area contributed by atoms with Gasteiger partial charge >= 0.3 is 25.5 Å². The van der Waals surface area contributed by atoms with E-state index in [0.717, 1.165) is 23.0 Å². The number of nitrogens with zero attached hydrogens (tertiary/aromatic N) is 3. The first-order valence-corrected chi connectivity index (χ1v) is 16.9. The Hall–Kier alpha value is -4.58. The fraction of sp³-hybridized carbons (Fsp3) is 0.406. The number of ether oxygens (including phenoxy) is 3. The number of hydrogen-bond acceptors (Lipinski definition) is 12. The minimum absolute atomic E-state index is 0.0101. The second kappa shape index (κ2) is 17.5. The number of aliphatic hydroxyl groups is 1. The summed E-state index contributed by atoms with van der Waals surface area (Å²) >= 11 is 0. The largest absolute Gasteiger partial charge is 0.460 e. The molecule has 6 atom stereocenters. The van der Waals surface area contributed by atoms with Crippen molar-refractivity contribution >= 4 is 25.6 Å². The number of para-hydroxylation sites is 1. The molecule has 15 nitrogen and oxygen atoms in total. The van der Waals surface area contributed by atoms with Gasteiger partial charge in [-0.1, -0.05) is 68.3 Å². The smallest absolute Gasteiger partial charge is 0.459 e. The van der Waals surface area contributed by atoms with E-state index >= 15 is 0 Å². The number of unbranched alkanes of at least 4 members (excludes halogenated alkanes) is 2. The first-order chi connectivity index (χ1) is 23.1. The van der Waals surface area contributed by atoms with Crippen LogP contribution in [0.1, 0.15) is 44.9 Å². The van der Waals surface area contributed by atoms with Crippen LogP contribution >= 0.6 is 7.75 Å². The van der Waals surface area contributed by atoms with Gasteiger partial charge in [0, 0.05) is 6.20 Å². The molecule has 1 unspecified atom stereocenters. The van der Waals surface area contributed by atoms with Gasteiger partial charge in [-0.05, 0) is 37.1 Å². The summed E-state index contributed by atoms with van der Waals surface area (Å²) in [5, 5.41) is 25.7. The molecule has 3 N–H and O–H groups in total. The van der Waals surface area contributed by atoms with E-state index in [9.17, 15) is 29.3 Å². The second-order valence-corrected chi connectivity index (χ2v) is 12.5. The van der Waals surface area contributed by atoms with Crippen LogP contribution in [0.3, 0.4) is 0 Å². The van der Waals surface area contributed by atoms with E-state index in [4.69, 9.17) is 23.3 Å². The third-order valence-corrected chi connectivity index (χ3v) is 8.79. The summed E-state index contributed by atoms with van der Waals surface area (Å²) in [6.45, 7) is 3.08. The highest BCUT2D eigenvalue weighted by molar-refractivity contribution is 7.52. The van der Waals surface area contributed by atoms with Crippen LogP contribution in [-0.2, 0) is 34.7 Å². The Morgan fingerprint density at radius 1 is 1.10 bits per heavy atom. The first-order valence-electron chi connectivity index (χ1n) is 15.4. The van der Waals surface area contributed by atoms with Crippen molar-refractivity contribution < 1.29 is 42.5 Å². The predicted octanol–water partition coefficient (Wildman–Crippen LogP) is 4.31. The quantitative estimate of drug-likeness (QED) is 0.110. The molecule has 2 heterocycles. The van der Waals surface area contributed by atoms with Crippen LogP contribution in [0, 0.1) is 17.2 Å². The van der Waals surface area contributed by atoms with Crippen molar-refractivity contribution in [3.8, 4) is 11.8 Å². The Morgan fingerprint density at radius 2 is 1.81 bits per heavy atom. The van der Waals surface area contributed by atoms with Crippen LogP contribution < -0.4 is 20.6 Å². The lowest BCUT2D eigenvalue weighted by Crippen LogP contribution is -2.36. The van der Waals surface area contributed by atoms with E-state index in [1.165, 1.54) is 31.3 Å². The molecule has 2 aromatic carbocycles. The number of rotatable bonds is 16. The van der Waals surface area contributed by atoms with Gasteiger partial charge in [0.05, 0.1) is 19.3 Å². The van der Waals surface area contributed by atoms with Crippen molar-refractivity contribution in [2.24, 2.45) is 5.92 Å². The molecule has 0 spiro atoms. The zero-order valence-electron chi connectivity index (χ0n) is 26.5. The molecule has 0 saturated carbocycles. The molecular formula is C32H38N5O10P. The van der Waals surface area contributed by atoms with E-state index < -0.39 is 62.5 Å². The topological polar surface area (TPSA) is 200 Å². The summed E-state index contributed by atoms with van der Waals surface area (Å²) in [6.07, 6.45) is -1.00. The van der Waals surface area contributed by atoms with Crippen molar-refractivity contribution in [2.75, 3.05) is 18.5 Å². The molecule has 16 heteroatoms. The Labute approximate surface area is 277 Å². The maximum absolute atomic E-state index is 13.9. The fourth-order valence-corrected chi connectivity index (χ4v) is 6.12. The van der Waals surface area contributed by atoms with Crippen molar-refractivity contribution in [2.45, 2.75) is 64.2 Å². The van der Waals surface area contributed by atoms with Crippen LogP contribution in [-0.4, -0.2) is 58.2 Å². The Kier molecular flexibility index (Phi) is 13.2. The number of nitriles is 1. The molecule has 0 bridgehead atoms. The van der Waals surface area contributed by atoms with Crippen molar-refractivity contribution in [1.82, 2.24) is 14.6 Å². The average molecular weight is 684 g/mol. The standard InChI is InChI=1S/C32H38N5O10P/c1-3-4-11-18-43-32(41)35-27-16-17-37(31(40)34-27)29-25(19-33)28(38)26(46-29)21-45-48(42,47-24-14-9-6-10-15-24)36-22(2)30(39)44-20-23-12-7-5-8-13-23/h5-10,12-17,22,25-26,28-29,38H,3-4,11,18,20-21H2,1-2H3,(H,36,42)(H,34,35,40,41)/t22-,25-,26+,28-,29+,48?/m0/s1. The highest BCUT2D eigenvalue weighted by Gasteiger charge is 2.47. The number of benzene rings is 2. The number of esters is 1. The monoisotopic (exact) mass is 683 g/mol. The molecule has 1 aliphatic rings. The maximum Gasteiger partial charge on any atom is 0.459 e. The molecular weight excluding hydrogens is 645 g/mol. The Bertz CT molecular complexity index is 1650. The normalized spacial score (nSPS) is 20.5. The van der Waals surface area contributed by atoms with Gasteiger partial charge in [-0.25, -0.2) is 14.2 Å². The van der Waals surface area contributed by atoms with E-state index in [0.29, 0.717) is 6.42 Å². The van der Waals surface area contributed by atoms with Crippen molar-refractivity contribution in [3.05, 3.63) is 89.0 Å². The van der Waals surface area contributed by atoms with Crippen LogP contribution in [0.5, 0.6) is 5.75 Å². The number of aliphatic hydroxyl groups excluding tert-OH is 1. The molecule has 1 saturated heterocycles. The third kappa shape index (κ3) is 10.2. The van der Waals surface area contributed by atoms with Crippen molar-refractivity contribution in [3.63, 3.8) is 0 Å². The summed E-state index contributed by atoms with van der Waals surface area (Å²) in [4.78, 5) is 41.4. The lowest BCUT2D eigenvalue weighted by Gasteiger charge is -2.24. The highest BCUT2D eigenvalue weighted by Crippen LogP contribution is 2.46. The minimum Gasteiger partial charge on any atom is -0.460 e. The van der Waals surface area contributed by atoms with Gasteiger partial charge in [0.15, 0.2) is 6.23 Å². The number of carbonyl (C=O) groups excluding carboxylic acids is 2. The third-order valence-electron chi connectivity index (χ3n) is 7.14. The molecule has 1 aromatic heterocycles. The zero-order chi connectivity index (χ0) is 34.5. The van der Waals surface area contributed by atoms with E-state index in [1.807, 2.05) is 19.1 Å². The molecule has 3 aromatic rings. The van der Waals surface area contributed by atoms with E-state index in [1.54, 1.807) is 42.5 Å². The molecule has 1 amide bonds. The van der Waals surface area contributed by atoms with Gasteiger partial charge in [0.2, 0.25) is 0 Å². The number of carbonyl (C=O) groups is 2. The van der Waals surface area contributed by atoms with E-state index in [-0.39, 0.29) is 24.8 Å². The number of anilines is 1. The number of hydrogen-bond donors (Lipinski definition) is 3. The number of amides is 1. The van der Waals surface area contributed by atoms with Crippen LogP contribution in [0.2, 0.25) is 0 Å². The lowest BCUT2D eigenvalue weighted by atomic mass is 10.0. The summed E-state index contributed by atoms with van der Waals surface area (Å²) in [7, 11) is -4.35. The van der Waals surface area contributed by atoms with Crippen LogP contribution in [0.15, 0.2) is 77.7 Å². The SMILES string of the molecule is CCCCCOC(=O)Nc1ccn([C@@H]2O[C@H](COP(=O)(N[C@@H](C)C(=O)OCc3ccccc3)Oc3ccccc3)[C@@H](O)[C@@H]2C#N)c(=O)n1. The van der Waals surface area contributed by atoms with Gasteiger partial charge in [0.25, 0.3) is 0 Å². The molecule has 1 fully saturated rings. The molecule has 0 radical (unpaired) electrons. The first kappa shape index (κ1) is 36.3. The summed E-state index contributed by atoms with van der Waals surface area (Å²) in [5.41, 5.74) is -0.118. The molecule has 4 rings (SSSR count). The zero-order valence-corrected chi connectivity index (χ0v) is 27.4. The molecule has 256 valence electrons. The predicted molar refractivity (Wildman–Crippen MR) is 171 cm³/mol.